The predicted molar refractivity (Wildman–Crippen MR) is 88.4 cm³/mol. The Balaban J connectivity index is 2.18. The van der Waals surface area contributed by atoms with Crippen molar-refractivity contribution in [3.8, 4) is 0 Å². The van der Waals surface area contributed by atoms with Crippen LogP contribution >= 0.6 is 54.5 Å². The molecule has 0 radical (unpaired) electrons. The molecular formula is C10H8Br2N2O4S3. The molecule has 0 aliphatic carbocycles. The van der Waals surface area contributed by atoms with Gasteiger partial charge in [0, 0.05) is 5.38 Å². The molecule has 2 heterocycles. The number of thiophene rings is 1. The fraction of sp³-hybridized carbons (Fsp3) is 0.200. The van der Waals surface area contributed by atoms with Crippen LogP contribution in [0.15, 0.2) is 23.9 Å². The Kier molecular flexibility index (Phi) is 5.41. The first-order valence-electron chi connectivity index (χ1n) is 5.30. The van der Waals surface area contributed by atoms with Gasteiger partial charge < -0.3 is 4.74 Å². The highest BCUT2D eigenvalue weighted by atomic mass is 79.9. The fourth-order valence-corrected chi connectivity index (χ4v) is 7.11. The largest absolute Gasteiger partial charge is 0.469 e. The highest BCUT2D eigenvalue weighted by Crippen LogP contribution is 2.35. The molecule has 0 bridgehead atoms. The molecule has 2 aromatic rings. The number of nitrogens with zero attached hydrogens (tertiary/aromatic N) is 1. The van der Waals surface area contributed by atoms with E-state index in [1.54, 1.807) is 5.38 Å². The number of ether oxygens (including phenoxy) is 1. The van der Waals surface area contributed by atoms with E-state index in [1.807, 2.05) is 0 Å². The van der Waals surface area contributed by atoms with Crippen molar-refractivity contribution in [2.75, 3.05) is 11.8 Å². The molecule has 21 heavy (non-hydrogen) atoms. The third kappa shape index (κ3) is 4.25. The molecule has 0 aliphatic heterocycles. The summed E-state index contributed by atoms with van der Waals surface area (Å²) >= 11 is 8.80. The standard InChI is InChI=1S/C10H8Br2N2O4S3/c1-18-8(15)2-5-4-19-10(13-5)14-21(16,17)6-3-7(11)20-9(6)12/h3-4H,2H2,1H3,(H,13,14). The number of esters is 1. The van der Waals surface area contributed by atoms with E-state index in [9.17, 15) is 13.2 Å². The number of methoxy groups -OCH3 is 1. The summed E-state index contributed by atoms with van der Waals surface area (Å²) < 4.78 is 32.6. The maximum atomic E-state index is 12.2. The summed E-state index contributed by atoms with van der Waals surface area (Å²) in [6, 6.07) is 1.50. The smallest absolute Gasteiger partial charge is 0.311 e. The fourth-order valence-electron chi connectivity index (χ4n) is 1.33. The number of carbonyl (C=O) groups is 1. The molecule has 6 nitrogen and oxygen atoms in total. The Morgan fingerprint density at radius 1 is 1.48 bits per heavy atom. The molecule has 0 unspecified atom stereocenters. The number of carbonyl (C=O) groups excluding carboxylic acids is 1. The van der Waals surface area contributed by atoms with Crippen LogP contribution in [0.25, 0.3) is 0 Å². The van der Waals surface area contributed by atoms with Gasteiger partial charge in [-0.2, -0.15) is 0 Å². The minimum absolute atomic E-state index is 0.00240. The number of aromatic nitrogens is 1. The van der Waals surface area contributed by atoms with Gasteiger partial charge in [0.2, 0.25) is 0 Å². The molecular weight excluding hydrogens is 468 g/mol. The Hall–Kier alpha value is -0.490. The molecule has 0 aromatic carbocycles. The van der Waals surface area contributed by atoms with Crippen LogP contribution in [0.4, 0.5) is 5.13 Å². The predicted octanol–water partition coefficient (Wildman–Crippen LogP) is 3.25. The summed E-state index contributed by atoms with van der Waals surface area (Å²) in [5.74, 6) is -0.431. The summed E-state index contributed by atoms with van der Waals surface area (Å²) in [6.07, 6.45) is 0.00240. The van der Waals surface area contributed by atoms with Crippen molar-refractivity contribution in [1.82, 2.24) is 4.98 Å². The summed E-state index contributed by atoms with van der Waals surface area (Å²) in [5, 5.41) is 1.80. The van der Waals surface area contributed by atoms with E-state index in [0.29, 0.717) is 13.3 Å². The van der Waals surface area contributed by atoms with Gasteiger partial charge in [0.25, 0.3) is 10.0 Å². The maximum Gasteiger partial charge on any atom is 0.311 e. The molecule has 0 amide bonds. The van der Waals surface area contributed by atoms with Crippen LogP contribution in [0, 0.1) is 0 Å². The Labute approximate surface area is 145 Å². The first-order chi connectivity index (χ1) is 9.81. The molecule has 2 rings (SSSR count). The van der Waals surface area contributed by atoms with Crippen molar-refractivity contribution in [2.45, 2.75) is 11.3 Å². The average molecular weight is 476 g/mol. The zero-order valence-electron chi connectivity index (χ0n) is 10.4. The van der Waals surface area contributed by atoms with Crippen LogP contribution in [-0.2, 0) is 26.0 Å². The van der Waals surface area contributed by atoms with Crippen molar-refractivity contribution in [1.29, 1.82) is 0 Å². The van der Waals surface area contributed by atoms with E-state index in [2.05, 4.69) is 46.3 Å². The minimum Gasteiger partial charge on any atom is -0.469 e. The van der Waals surface area contributed by atoms with E-state index < -0.39 is 16.0 Å². The third-order valence-corrected chi connectivity index (χ3v) is 7.27. The molecule has 2 aromatic heterocycles. The molecule has 0 saturated heterocycles. The normalized spacial score (nSPS) is 11.4. The number of halogens is 2. The lowest BCUT2D eigenvalue weighted by Crippen LogP contribution is -2.12. The molecule has 0 fully saturated rings. The number of nitrogens with one attached hydrogen (secondary N) is 1. The number of sulfonamides is 1. The number of thiazole rings is 1. The summed E-state index contributed by atoms with van der Waals surface area (Å²) in [5.41, 5.74) is 0.454. The van der Waals surface area contributed by atoms with Gasteiger partial charge in [0.1, 0.15) is 4.90 Å². The van der Waals surface area contributed by atoms with E-state index in [4.69, 9.17) is 0 Å². The van der Waals surface area contributed by atoms with E-state index >= 15 is 0 Å². The second-order valence-corrected chi connectivity index (χ2v) is 9.95. The number of hydrogen-bond donors (Lipinski definition) is 1. The van der Waals surface area contributed by atoms with Gasteiger partial charge in [-0.1, -0.05) is 0 Å². The number of rotatable bonds is 5. The first kappa shape index (κ1) is 16.9. The van der Waals surface area contributed by atoms with E-state index in [-0.39, 0.29) is 16.4 Å². The van der Waals surface area contributed by atoms with Gasteiger partial charge in [-0.25, -0.2) is 13.4 Å². The van der Waals surface area contributed by atoms with Gasteiger partial charge in [-0.15, -0.1) is 22.7 Å². The van der Waals surface area contributed by atoms with Gasteiger partial charge >= 0.3 is 5.97 Å². The molecule has 11 heteroatoms. The van der Waals surface area contributed by atoms with Crippen molar-refractivity contribution in [2.24, 2.45) is 0 Å². The van der Waals surface area contributed by atoms with Gasteiger partial charge in [0.05, 0.1) is 26.8 Å². The van der Waals surface area contributed by atoms with E-state index in [1.165, 1.54) is 24.5 Å². The quantitative estimate of drug-likeness (QED) is 0.671. The Bertz CT molecular complexity index is 769. The van der Waals surface area contributed by atoms with Crippen molar-refractivity contribution < 1.29 is 17.9 Å². The zero-order chi connectivity index (χ0) is 15.6. The maximum absolute atomic E-state index is 12.2. The molecule has 0 aliphatic rings. The van der Waals surface area contributed by atoms with Crippen molar-refractivity contribution in [3.63, 3.8) is 0 Å². The summed E-state index contributed by atoms with van der Waals surface area (Å²) in [6.45, 7) is 0. The first-order valence-corrected chi connectivity index (χ1v) is 10.1. The van der Waals surface area contributed by atoms with Gasteiger partial charge in [-0.3, -0.25) is 9.52 Å². The molecule has 1 N–H and O–H groups in total. The van der Waals surface area contributed by atoms with Gasteiger partial charge in [-0.05, 0) is 37.9 Å². The molecule has 0 saturated carbocycles. The topological polar surface area (TPSA) is 85.4 Å². The molecule has 0 atom stereocenters. The minimum atomic E-state index is -3.73. The third-order valence-electron chi connectivity index (χ3n) is 2.24. The van der Waals surface area contributed by atoms with Crippen LogP contribution in [0.2, 0.25) is 0 Å². The Morgan fingerprint density at radius 3 is 2.76 bits per heavy atom. The lowest BCUT2D eigenvalue weighted by atomic mass is 10.3. The highest BCUT2D eigenvalue weighted by molar-refractivity contribution is 9.12. The summed E-state index contributed by atoms with van der Waals surface area (Å²) in [4.78, 5) is 15.3. The number of hydrogen-bond acceptors (Lipinski definition) is 7. The van der Waals surface area contributed by atoms with Crippen LogP contribution in [-0.4, -0.2) is 26.5 Å². The molecule has 114 valence electrons. The van der Waals surface area contributed by atoms with Crippen LogP contribution in [0.1, 0.15) is 5.69 Å². The second-order valence-electron chi connectivity index (χ2n) is 3.69. The lowest BCUT2D eigenvalue weighted by Gasteiger charge is -2.03. The number of anilines is 1. The van der Waals surface area contributed by atoms with Crippen molar-refractivity contribution >= 4 is 75.7 Å². The monoisotopic (exact) mass is 474 g/mol. The zero-order valence-corrected chi connectivity index (χ0v) is 16.0. The van der Waals surface area contributed by atoms with Crippen LogP contribution < -0.4 is 4.72 Å². The van der Waals surface area contributed by atoms with Crippen LogP contribution in [0.3, 0.4) is 0 Å². The lowest BCUT2D eigenvalue weighted by molar-refractivity contribution is -0.139. The Morgan fingerprint density at radius 2 is 2.19 bits per heavy atom. The highest BCUT2D eigenvalue weighted by Gasteiger charge is 2.22. The second kappa shape index (κ2) is 6.73. The van der Waals surface area contributed by atoms with Crippen molar-refractivity contribution in [3.05, 3.63) is 24.7 Å². The van der Waals surface area contributed by atoms with Gasteiger partial charge in [0.15, 0.2) is 5.13 Å². The van der Waals surface area contributed by atoms with E-state index in [0.717, 1.165) is 11.3 Å². The van der Waals surface area contributed by atoms with Crippen LogP contribution in [0.5, 0.6) is 0 Å². The average Bonchev–Trinajstić information content (AvgIpc) is 2.95. The molecule has 0 spiro atoms. The summed E-state index contributed by atoms with van der Waals surface area (Å²) in [7, 11) is -2.45. The SMILES string of the molecule is COC(=O)Cc1csc(NS(=O)(=O)c2cc(Br)sc2Br)n1.